The van der Waals surface area contributed by atoms with Gasteiger partial charge in [0.2, 0.25) is 0 Å². The number of fused-ring (bicyclic) bond motifs is 1. The molecule has 0 aromatic carbocycles. The second-order valence-electron chi connectivity index (χ2n) is 5.88. The van der Waals surface area contributed by atoms with Gasteiger partial charge in [0.15, 0.2) is 0 Å². The maximum absolute atomic E-state index is 5.01. The minimum atomic E-state index is 0.225. The Morgan fingerprint density at radius 3 is 2.83 bits per heavy atom. The van der Waals surface area contributed by atoms with Gasteiger partial charge in [0.05, 0.1) is 6.20 Å². The maximum atomic E-state index is 5.01. The van der Waals surface area contributed by atoms with Crippen molar-refractivity contribution in [3.05, 3.63) is 12.5 Å². The molecule has 0 aliphatic heterocycles. The lowest BCUT2D eigenvalue weighted by Gasteiger charge is -2.27. The van der Waals surface area contributed by atoms with E-state index in [9.17, 15) is 0 Å². The fourth-order valence-corrected chi connectivity index (χ4v) is 2.34. The number of nitrogens with one attached hydrogen (secondary N) is 1. The van der Waals surface area contributed by atoms with Crippen molar-refractivity contribution in [1.82, 2.24) is 15.1 Å². The van der Waals surface area contributed by atoms with Gasteiger partial charge in [-0.2, -0.15) is 4.98 Å². The molecule has 2 aromatic rings. The van der Waals surface area contributed by atoms with Gasteiger partial charge >= 0.3 is 0 Å². The molecule has 98 valence electrons. The predicted molar refractivity (Wildman–Crippen MR) is 71.3 cm³/mol. The van der Waals surface area contributed by atoms with Crippen molar-refractivity contribution in [2.45, 2.75) is 34.1 Å². The Bertz CT molecular complexity index is 518. The molecule has 0 aliphatic carbocycles. The van der Waals surface area contributed by atoms with Gasteiger partial charge in [0, 0.05) is 6.54 Å². The molecule has 0 unspecified atom stereocenters. The van der Waals surface area contributed by atoms with Crippen LogP contribution in [0.15, 0.2) is 17.0 Å². The first-order valence-corrected chi connectivity index (χ1v) is 6.27. The zero-order valence-electron chi connectivity index (χ0n) is 11.4. The average molecular weight is 248 g/mol. The Morgan fingerprint density at radius 2 is 2.11 bits per heavy atom. The number of anilines is 1. The summed E-state index contributed by atoms with van der Waals surface area (Å²) in [4.78, 5) is 8.25. The van der Waals surface area contributed by atoms with Crippen molar-refractivity contribution in [3.8, 4) is 0 Å². The second-order valence-corrected chi connectivity index (χ2v) is 5.88. The van der Waals surface area contributed by atoms with E-state index >= 15 is 0 Å². The molecule has 0 bridgehead atoms. The van der Waals surface area contributed by atoms with Crippen molar-refractivity contribution in [3.63, 3.8) is 0 Å². The lowest BCUT2D eigenvalue weighted by atomic mass is 9.84. The van der Waals surface area contributed by atoms with E-state index in [1.54, 1.807) is 6.20 Å². The third-order valence-electron chi connectivity index (χ3n) is 2.86. The molecule has 0 saturated carbocycles. The van der Waals surface area contributed by atoms with Crippen LogP contribution in [0.1, 0.15) is 34.1 Å². The molecule has 0 aliphatic rings. The Hall–Kier alpha value is -1.65. The molecule has 1 N–H and O–H groups in total. The van der Waals surface area contributed by atoms with Crippen LogP contribution < -0.4 is 5.32 Å². The molecule has 0 amide bonds. The van der Waals surface area contributed by atoms with Gasteiger partial charge in [-0.1, -0.05) is 32.9 Å². The van der Waals surface area contributed by atoms with Gasteiger partial charge in [-0.05, 0) is 17.8 Å². The third kappa shape index (κ3) is 2.97. The highest BCUT2D eigenvalue weighted by atomic mass is 16.5. The lowest BCUT2D eigenvalue weighted by molar-refractivity contribution is 0.306. The topological polar surface area (TPSA) is 63.8 Å². The maximum Gasteiger partial charge on any atom is 0.262 e. The van der Waals surface area contributed by atoms with Crippen molar-refractivity contribution in [2.75, 3.05) is 11.9 Å². The van der Waals surface area contributed by atoms with Gasteiger partial charge in [-0.15, -0.1) is 0 Å². The normalized spacial score (nSPS) is 12.3. The van der Waals surface area contributed by atoms with E-state index in [2.05, 4.69) is 48.1 Å². The lowest BCUT2D eigenvalue weighted by Crippen LogP contribution is -2.25. The Morgan fingerprint density at radius 1 is 1.33 bits per heavy atom. The second kappa shape index (κ2) is 4.92. The molecule has 18 heavy (non-hydrogen) atoms. The molecule has 2 aromatic heterocycles. The molecular weight excluding hydrogens is 228 g/mol. The van der Waals surface area contributed by atoms with Crippen molar-refractivity contribution >= 4 is 16.9 Å². The Balaban J connectivity index is 2.08. The van der Waals surface area contributed by atoms with Crippen LogP contribution in [0.25, 0.3) is 11.1 Å². The van der Waals surface area contributed by atoms with Crippen LogP contribution in [0.2, 0.25) is 0 Å². The van der Waals surface area contributed by atoms with E-state index in [1.807, 2.05) is 0 Å². The molecule has 5 nitrogen and oxygen atoms in total. The quantitative estimate of drug-likeness (QED) is 0.880. The van der Waals surface area contributed by atoms with Gasteiger partial charge in [0.25, 0.3) is 5.71 Å². The van der Waals surface area contributed by atoms with E-state index < -0.39 is 0 Å². The summed E-state index contributed by atoms with van der Waals surface area (Å²) in [6.45, 7) is 9.86. The molecular formula is C13H20N4O. The summed E-state index contributed by atoms with van der Waals surface area (Å²) in [5.74, 6) is 1.47. The van der Waals surface area contributed by atoms with Crippen LogP contribution in [0.4, 0.5) is 5.82 Å². The molecule has 0 saturated heterocycles. The monoisotopic (exact) mass is 248 g/mol. The van der Waals surface area contributed by atoms with E-state index in [0.29, 0.717) is 11.6 Å². The third-order valence-corrected chi connectivity index (χ3v) is 2.86. The van der Waals surface area contributed by atoms with Crippen molar-refractivity contribution < 1.29 is 4.52 Å². The summed E-state index contributed by atoms with van der Waals surface area (Å²) in [6, 6.07) is 0. The van der Waals surface area contributed by atoms with E-state index in [-0.39, 0.29) is 5.41 Å². The molecule has 0 spiro atoms. The number of hydrogen-bond acceptors (Lipinski definition) is 5. The summed E-state index contributed by atoms with van der Waals surface area (Å²) in [5, 5.41) is 7.94. The number of hydrogen-bond donors (Lipinski definition) is 1. The molecule has 2 rings (SSSR count). The highest BCUT2D eigenvalue weighted by Gasteiger charge is 2.20. The SMILES string of the molecule is CC(C)CC(C)(C)CNc1ncnc2oncc12. The largest absolute Gasteiger partial charge is 0.369 e. The van der Waals surface area contributed by atoms with Gasteiger partial charge in [-0.3, -0.25) is 0 Å². The zero-order valence-corrected chi connectivity index (χ0v) is 11.4. The molecule has 0 fully saturated rings. The highest BCUT2D eigenvalue weighted by molar-refractivity contribution is 5.84. The van der Waals surface area contributed by atoms with E-state index in [1.165, 1.54) is 6.33 Å². The summed E-state index contributed by atoms with van der Waals surface area (Å²) < 4.78 is 5.01. The summed E-state index contributed by atoms with van der Waals surface area (Å²) in [6.07, 6.45) is 4.30. The minimum Gasteiger partial charge on any atom is -0.369 e. The fraction of sp³-hybridized carbons (Fsp3) is 0.615. The van der Waals surface area contributed by atoms with Crippen molar-refractivity contribution in [1.29, 1.82) is 0 Å². The summed E-state index contributed by atoms with van der Waals surface area (Å²) >= 11 is 0. The highest BCUT2D eigenvalue weighted by Crippen LogP contribution is 2.26. The van der Waals surface area contributed by atoms with E-state index in [0.717, 1.165) is 24.2 Å². The average Bonchev–Trinajstić information content (AvgIpc) is 2.72. The molecule has 2 heterocycles. The van der Waals surface area contributed by atoms with Crippen LogP contribution in [-0.2, 0) is 0 Å². The number of aromatic nitrogens is 3. The minimum absolute atomic E-state index is 0.225. The summed E-state index contributed by atoms with van der Waals surface area (Å²) in [5.41, 5.74) is 0.747. The smallest absolute Gasteiger partial charge is 0.262 e. The summed E-state index contributed by atoms with van der Waals surface area (Å²) in [7, 11) is 0. The van der Waals surface area contributed by atoms with Gasteiger partial charge in [-0.25, -0.2) is 4.98 Å². The first kappa shape index (κ1) is 12.8. The van der Waals surface area contributed by atoms with Gasteiger partial charge in [0.1, 0.15) is 17.5 Å². The Labute approximate surface area is 107 Å². The molecule has 0 radical (unpaired) electrons. The van der Waals surface area contributed by atoms with Crippen LogP contribution in [-0.4, -0.2) is 21.7 Å². The van der Waals surface area contributed by atoms with Crippen LogP contribution >= 0.6 is 0 Å². The van der Waals surface area contributed by atoms with Crippen LogP contribution in [0, 0.1) is 11.3 Å². The first-order chi connectivity index (χ1) is 8.48. The van der Waals surface area contributed by atoms with Gasteiger partial charge < -0.3 is 9.84 Å². The zero-order chi connectivity index (χ0) is 13.2. The number of nitrogens with zero attached hydrogens (tertiary/aromatic N) is 3. The predicted octanol–water partition coefficient (Wildman–Crippen LogP) is 3.10. The van der Waals surface area contributed by atoms with Crippen LogP contribution in [0.5, 0.6) is 0 Å². The molecule has 5 heteroatoms. The first-order valence-electron chi connectivity index (χ1n) is 6.27. The Kier molecular flexibility index (Phi) is 3.50. The standard InChI is InChI=1S/C13H20N4O/c1-9(2)5-13(3,4)7-14-11-10-6-17-18-12(10)16-8-15-11/h6,8-9H,5,7H2,1-4H3,(H,14,15,16). The number of rotatable bonds is 5. The van der Waals surface area contributed by atoms with Crippen LogP contribution in [0.3, 0.4) is 0 Å². The molecule has 0 atom stereocenters. The fourth-order valence-electron chi connectivity index (χ4n) is 2.34. The van der Waals surface area contributed by atoms with Crippen molar-refractivity contribution in [2.24, 2.45) is 11.3 Å². The van der Waals surface area contributed by atoms with E-state index in [4.69, 9.17) is 4.52 Å².